The number of halogens is 2. The summed E-state index contributed by atoms with van der Waals surface area (Å²) < 4.78 is 26.1. The van der Waals surface area contributed by atoms with E-state index >= 15 is 0 Å². The van der Waals surface area contributed by atoms with E-state index in [1.807, 2.05) is 0 Å². The molecule has 0 atom stereocenters. The maximum atomic E-state index is 12.4. The van der Waals surface area contributed by atoms with Crippen LogP contribution in [0.5, 0.6) is 0 Å². The van der Waals surface area contributed by atoms with E-state index in [0.717, 1.165) is 0 Å². The zero-order valence-electron chi connectivity index (χ0n) is 7.17. The second-order valence-corrected chi connectivity index (χ2v) is 3.43. The molecule has 3 nitrogen and oxygen atoms in total. The Morgan fingerprint density at radius 1 is 1.62 bits per heavy atom. The van der Waals surface area contributed by atoms with E-state index in [1.54, 1.807) is 7.05 Å². The summed E-state index contributed by atoms with van der Waals surface area (Å²) in [5.74, 6) is 0. The fraction of sp³-hybridized carbons (Fsp3) is 0.625. The molecule has 0 radical (unpaired) electrons. The molecular weight excluding hydrogens is 178 g/mol. The molecular formula is C8H10F2N2O. The maximum Gasteiger partial charge on any atom is 0.282 e. The van der Waals surface area contributed by atoms with Crippen LogP contribution in [-0.4, -0.2) is 14.9 Å². The van der Waals surface area contributed by atoms with Gasteiger partial charge in [0.25, 0.3) is 6.43 Å². The highest BCUT2D eigenvalue weighted by atomic mass is 19.3. The zero-order chi connectivity index (χ0) is 9.64. The molecule has 0 saturated heterocycles. The average molecular weight is 188 g/mol. The molecule has 0 unspecified atom stereocenters. The molecule has 0 aliphatic heterocycles. The van der Waals surface area contributed by atoms with Gasteiger partial charge < -0.3 is 5.11 Å². The first-order valence-corrected chi connectivity index (χ1v) is 4.07. The quantitative estimate of drug-likeness (QED) is 0.760. The number of hydrogen-bond donors (Lipinski definition) is 1. The van der Waals surface area contributed by atoms with Crippen LogP contribution in [-0.2, 0) is 12.6 Å². The van der Waals surface area contributed by atoms with Crippen molar-refractivity contribution in [2.24, 2.45) is 7.05 Å². The third kappa shape index (κ3) is 1.33. The Morgan fingerprint density at radius 2 is 2.23 bits per heavy atom. The average Bonchev–Trinajstić information content (AvgIpc) is 2.62. The molecule has 1 heterocycles. The molecule has 13 heavy (non-hydrogen) atoms. The number of alkyl halides is 2. The molecule has 0 aromatic carbocycles. The minimum absolute atomic E-state index is 0.282. The van der Waals surface area contributed by atoms with Crippen LogP contribution in [0.3, 0.4) is 0 Å². The number of aryl methyl sites for hydroxylation is 1. The van der Waals surface area contributed by atoms with Crippen molar-refractivity contribution in [2.45, 2.75) is 24.9 Å². The molecule has 1 aromatic rings. The minimum atomic E-state index is -2.61. The van der Waals surface area contributed by atoms with Crippen molar-refractivity contribution < 1.29 is 13.9 Å². The standard InChI is InChI=1S/C8H10F2N2O/c1-12-4-5(8(13)2-3-8)6(11-12)7(9)10/h4,7,13H,2-3H2,1H3. The number of hydrogen-bond acceptors (Lipinski definition) is 2. The summed E-state index contributed by atoms with van der Waals surface area (Å²) in [6, 6.07) is 0. The lowest BCUT2D eigenvalue weighted by Gasteiger charge is -2.05. The predicted octanol–water partition coefficient (Wildman–Crippen LogP) is 1.34. The first-order valence-electron chi connectivity index (χ1n) is 4.07. The van der Waals surface area contributed by atoms with Crippen LogP contribution < -0.4 is 0 Å². The van der Waals surface area contributed by atoms with Gasteiger partial charge in [0.2, 0.25) is 0 Å². The van der Waals surface area contributed by atoms with Crippen LogP contribution in [0, 0.1) is 0 Å². The van der Waals surface area contributed by atoms with Gasteiger partial charge in [0.1, 0.15) is 5.69 Å². The summed E-state index contributed by atoms with van der Waals surface area (Å²) in [4.78, 5) is 0. The van der Waals surface area contributed by atoms with Crippen molar-refractivity contribution in [3.05, 3.63) is 17.5 Å². The molecule has 1 aliphatic carbocycles. The van der Waals surface area contributed by atoms with E-state index in [-0.39, 0.29) is 11.3 Å². The lowest BCUT2D eigenvalue weighted by molar-refractivity contribution is 0.122. The Bertz CT molecular complexity index is 331. The predicted molar refractivity (Wildman–Crippen MR) is 41.3 cm³/mol. The molecule has 72 valence electrons. The molecule has 1 aromatic heterocycles. The lowest BCUT2D eigenvalue weighted by Crippen LogP contribution is -2.06. The normalized spacial score (nSPS) is 19.5. The summed E-state index contributed by atoms with van der Waals surface area (Å²) in [6.45, 7) is 0. The van der Waals surface area contributed by atoms with E-state index in [1.165, 1.54) is 10.9 Å². The lowest BCUT2D eigenvalue weighted by atomic mass is 10.1. The fourth-order valence-corrected chi connectivity index (χ4v) is 1.41. The summed E-state index contributed by atoms with van der Waals surface area (Å²) in [5, 5.41) is 13.3. The molecule has 0 bridgehead atoms. The van der Waals surface area contributed by atoms with Gasteiger partial charge in [-0.05, 0) is 12.8 Å². The molecule has 0 spiro atoms. The molecule has 1 N–H and O–H groups in total. The minimum Gasteiger partial charge on any atom is -0.385 e. The highest BCUT2D eigenvalue weighted by Gasteiger charge is 2.46. The second-order valence-electron chi connectivity index (χ2n) is 3.43. The van der Waals surface area contributed by atoms with Crippen LogP contribution in [0.25, 0.3) is 0 Å². The summed E-state index contributed by atoms with van der Waals surface area (Å²) in [7, 11) is 1.57. The zero-order valence-corrected chi connectivity index (χ0v) is 7.17. The Balaban J connectivity index is 2.43. The van der Waals surface area contributed by atoms with Crippen molar-refractivity contribution in [2.75, 3.05) is 0 Å². The number of aliphatic hydroxyl groups is 1. The highest BCUT2D eigenvalue weighted by molar-refractivity contribution is 5.30. The Morgan fingerprint density at radius 3 is 2.69 bits per heavy atom. The van der Waals surface area contributed by atoms with Crippen molar-refractivity contribution in [3.8, 4) is 0 Å². The third-order valence-corrected chi connectivity index (χ3v) is 2.29. The Kier molecular flexibility index (Phi) is 1.66. The van der Waals surface area contributed by atoms with Crippen LogP contribution in [0.4, 0.5) is 8.78 Å². The van der Waals surface area contributed by atoms with Crippen molar-refractivity contribution >= 4 is 0 Å². The Hall–Kier alpha value is -0.970. The van der Waals surface area contributed by atoms with Crippen molar-refractivity contribution in [1.29, 1.82) is 0 Å². The largest absolute Gasteiger partial charge is 0.385 e. The van der Waals surface area contributed by atoms with E-state index in [0.29, 0.717) is 12.8 Å². The van der Waals surface area contributed by atoms with Crippen LogP contribution in [0.15, 0.2) is 6.20 Å². The number of nitrogens with zero attached hydrogens (tertiary/aromatic N) is 2. The van der Waals surface area contributed by atoms with Gasteiger partial charge in [-0.2, -0.15) is 5.10 Å². The van der Waals surface area contributed by atoms with Gasteiger partial charge in [-0.25, -0.2) is 8.78 Å². The van der Waals surface area contributed by atoms with Crippen molar-refractivity contribution in [1.82, 2.24) is 9.78 Å². The highest BCUT2D eigenvalue weighted by Crippen LogP contribution is 2.47. The fourth-order valence-electron chi connectivity index (χ4n) is 1.41. The van der Waals surface area contributed by atoms with Gasteiger partial charge in [0, 0.05) is 18.8 Å². The van der Waals surface area contributed by atoms with Gasteiger partial charge in [0.05, 0.1) is 5.60 Å². The summed E-state index contributed by atoms with van der Waals surface area (Å²) in [5.41, 5.74) is -1.03. The second kappa shape index (κ2) is 2.51. The van der Waals surface area contributed by atoms with Crippen LogP contribution in [0.2, 0.25) is 0 Å². The molecule has 1 saturated carbocycles. The molecule has 0 amide bonds. The van der Waals surface area contributed by atoms with Gasteiger partial charge in [-0.1, -0.05) is 0 Å². The monoisotopic (exact) mass is 188 g/mol. The summed E-state index contributed by atoms with van der Waals surface area (Å²) >= 11 is 0. The number of aromatic nitrogens is 2. The maximum absolute atomic E-state index is 12.4. The smallest absolute Gasteiger partial charge is 0.282 e. The Labute approximate surface area is 74.0 Å². The van der Waals surface area contributed by atoms with Gasteiger partial charge in [0.15, 0.2) is 0 Å². The van der Waals surface area contributed by atoms with E-state index < -0.39 is 12.0 Å². The van der Waals surface area contributed by atoms with Gasteiger partial charge >= 0.3 is 0 Å². The van der Waals surface area contributed by atoms with Crippen molar-refractivity contribution in [3.63, 3.8) is 0 Å². The van der Waals surface area contributed by atoms with Gasteiger partial charge in [-0.15, -0.1) is 0 Å². The molecule has 2 rings (SSSR count). The third-order valence-electron chi connectivity index (χ3n) is 2.29. The molecule has 1 aliphatic rings. The molecule has 5 heteroatoms. The first-order chi connectivity index (χ1) is 6.03. The SMILES string of the molecule is Cn1cc(C2(O)CC2)c(C(F)F)n1. The summed E-state index contributed by atoms with van der Waals surface area (Å²) in [6.07, 6.45) is -0.0356. The number of rotatable bonds is 2. The van der Waals surface area contributed by atoms with E-state index in [2.05, 4.69) is 5.10 Å². The molecule has 1 fully saturated rings. The van der Waals surface area contributed by atoms with Crippen LogP contribution in [0.1, 0.15) is 30.5 Å². The first kappa shape index (κ1) is 8.62. The van der Waals surface area contributed by atoms with E-state index in [4.69, 9.17) is 0 Å². The van der Waals surface area contributed by atoms with Crippen LogP contribution >= 0.6 is 0 Å². The van der Waals surface area contributed by atoms with E-state index in [9.17, 15) is 13.9 Å². The van der Waals surface area contributed by atoms with Gasteiger partial charge in [-0.3, -0.25) is 4.68 Å². The topological polar surface area (TPSA) is 38.0 Å².